The fourth-order valence-corrected chi connectivity index (χ4v) is 4.25. The highest BCUT2D eigenvalue weighted by atomic mass is 35.5. The quantitative estimate of drug-likeness (QED) is 0.550. The normalized spacial score (nSPS) is 19.3. The van der Waals surface area contributed by atoms with Gasteiger partial charge >= 0.3 is 0 Å². The molecule has 160 valence electrons. The Kier molecular flexibility index (Phi) is 6.39. The second-order valence-electron chi connectivity index (χ2n) is 7.76. The van der Waals surface area contributed by atoms with Gasteiger partial charge in [-0.1, -0.05) is 35.3 Å². The predicted molar refractivity (Wildman–Crippen MR) is 120 cm³/mol. The number of aryl methyl sites for hydroxylation is 1. The van der Waals surface area contributed by atoms with Gasteiger partial charge in [-0.05, 0) is 43.7 Å². The third-order valence-corrected chi connectivity index (χ3v) is 6.06. The van der Waals surface area contributed by atoms with Crippen LogP contribution in [0.3, 0.4) is 0 Å². The minimum absolute atomic E-state index is 0.0590. The van der Waals surface area contributed by atoms with Gasteiger partial charge in [0.05, 0.1) is 22.5 Å². The van der Waals surface area contributed by atoms with Crippen molar-refractivity contribution in [2.24, 2.45) is 5.92 Å². The van der Waals surface area contributed by atoms with Crippen molar-refractivity contribution in [1.29, 1.82) is 0 Å². The molecule has 0 aliphatic carbocycles. The van der Waals surface area contributed by atoms with E-state index in [0.29, 0.717) is 40.3 Å². The maximum Gasteiger partial charge on any atom is 0.255 e. The highest BCUT2D eigenvalue weighted by molar-refractivity contribution is 6.30. The number of aromatic nitrogens is 3. The van der Waals surface area contributed by atoms with Crippen LogP contribution in [0.5, 0.6) is 5.88 Å². The molecule has 0 radical (unpaired) electrons. The number of carbonyl (C=O) groups excluding carboxylic acids is 1. The molecule has 3 atom stereocenters. The second kappa shape index (κ2) is 9.20. The Bertz CT molecular complexity index is 1060. The standard InChI is InChI=1S/C23H22Cl2N4O2/c1-14-9-17(10-27-28-14)23(30)29-12-20(15(2)31-22-8-7-19(25)11-26-22)21(13-29)16-3-5-18(24)6-4-16/h3-11,15,20-21H,12-13H2,1-2H3/t15-,20?,21?/m0/s1. The van der Waals surface area contributed by atoms with Gasteiger partial charge in [-0.15, -0.1) is 0 Å². The third-order valence-electron chi connectivity index (χ3n) is 5.58. The van der Waals surface area contributed by atoms with E-state index in [-0.39, 0.29) is 23.8 Å². The monoisotopic (exact) mass is 456 g/mol. The fraction of sp³-hybridized carbons (Fsp3) is 0.304. The highest BCUT2D eigenvalue weighted by Crippen LogP contribution is 2.37. The molecule has 3 heterocycles. The largest absolute Gasteiger partial charge is 0.474 e. The Morgan fingerprint density at radius 1 is 1.10 bits per heavy atom. The Morgan fingerprint density at radius 3 is 2.52 bits per heavy atom. The summed E-state index contributed by atoms with van der Waals surface area (Å²) in [7, 11) is 0. The molecule has 3 aromatic rings. The summed E-state index contributed by atoms with van der Waals surface area (Å²) in [4.78, 5) is 19.3. The predicted octanol–water partition coefficient (Wildman–Crippen LogP) is 4.81. The Hall–Kier alpha value is -2.70. The van der Waals surface area contributed by atoms with Crippen molar-refractivity contribution in [3.8, 4) is 5.88 Å². The number of pyridine rings is 1. The molecule has 2 aromatic heterocycles. The number of nitrogens with zero attached hydrogens (tertiary/aromatic N) is 4. The van der Waals surface area contributed by atoms with E-state index in [2.05, 4.69) is 15.2 Å². The summed E-state index contributed by atoms with van der Waals surface area (Å²) in [6, 6.07) is 13.0. The lowest BCUT2D eigenvalue weighted by Crippen LogP contribution is -2.32. The lowest BCUT2D eigenvalue weighted by molar-refractivity contribution is 0.0769. The number of likely N-dealkylation sites (tertiary alicyclic amines) is 1. The zero-order valence-corrected chi connectivity index (χ0v) is 18.7. The number of halogens is 2. The molecule has 8 heteroatoms. The van der Waals surface area contributed by atoms with Crippen LogP contribution >= 0.6 is 23.2 Å². The van der Waals surface area contributed by atoms with Gasteiger partial charge in [0.1, 0.15) is 6.10 Å². The van der Waals surface area contributed by atoms with E-state index >= 15 is 0 Å². The minimum atomic E-state index is -0.176. The van der Waals surface area contributed by atoms with Crippen molar-refractivity contribution < 1.29 is 9.53 Å². The van der Waals surface area contributed by atoms with E-state index in [1.807, 2.05) is 43.0 Å². The summed E-state index contributed by atoms with van der Waals surface area (Å²) in [6.07, 6.45) is 2.89. The average Bonchev–Trinajstić information content (AvgIpc) is 3.21. The number of rotatable bonds is 5. The molecular weight excluding hydrogens is 435 g/mol. The van der Waals surface area contributed by atoms with Crippen molar-refractivity contribution in [3.05, 3.63) is 81.7 Å². The average molecular weight is 457 g/mol. The summed E-state index contributed by atoms with van der Waals surface area (Å²) >= 11 is 12.0. The number of benzene rings is 1. The molecule has 1 aliphatic rings. The van der Waals surface area contributed by atoms with Crippen LogP contribution in [-0.2, 0) is 0 Å². The SMILES string of the molecule is Cc1cc(C(=O)N2CC(c3ccc(Cl)cc3)C([C@H](C)Oc3ccc(Cl)cn3)C2)cnn1. The van der Waals surface area contributed by atoms with Crippen molar-refractivity contribution in [1.82, 2.24) is 20.1 Å². The molecule has 1 aliphatic heterocycles. The van der Waals surface area contributed by atoms with Gasteiger partial charge in [-0.25, -0.2) is 4.98 Å². The van der Waals surface area contributed by atoms with Crippen LogP contribution in [0.15, 0.2) is 54.9 Å². The number of hydrogen-bond donors (Lipinski definition) is 0. The third kappa shape index (κ3) is 4.97. The number of carbonyl (C=O) groups is 1. The lowest BCUT2D eigenvalue weighted by Gasteiger charge is -2.25. The number of amides is 1. The molecule has 1 fully saturated rings. The van der Waals surface area contributed by atoms with Crippen LogP contribution in [0, 0.1) is 12.8 Å². The van der Waals surface area contributed by atoms with Gasteiger partial charge < -0.3 is 9.64 Å². The topological polar surface area (TPSA) is 68.2 Å². The van der Waals surface area contributed by atoms with E-state index in [9.17, 15) is 4.79 Å². The summed E-state index contributed by atoms with van der Waals surface area (Å²) < 4.78 is 6.13. The molecule has 1 amide bonds. The first-order valence-corrected chi connectivity index (χ1v) is 10.8. The van der Waals surface area contributed by atoms with Gasteiger partial charge in [0.15, 0.2) is 0 Å². The molecular formula is C23H22Cl2N4O2. The number of hydrogen-bond acceptors (Lipinski definition) is 5. The first-order chi connectivity index (χ1) is 14.9. The van der Waals surface area contributed by atoms with Gasteiger partial charge in [-0.3, -0.25) is 4.79 Å². The summed E-state index contributed by atoms with van der Waals surface area (Å²) in [6.45, 7) is 4.97. The molecule has 6 nitrogen and oxygen atoms in total. The van der Waals surface area contributed by atoms with Crippen molar-refractivity contribution in [2.45, 2.75) is 25.9 Å². The van der Waals surface area contributed by atoms with E-state index in [1.165, 1.54) is 6.20 Å². The zero-order valence-electron chi connectivity index (χ0n) is 17.2. The van der Waals surface area contributed by atoms with E-state index in [0.717, 1.165) is 5.56 Å². The summed E-state index contributed by atoms with van der Waals surface area (Å²) in [5.74, 6) is 0.611. The smallest absolute Gasteiger partial charge is 0.255 e. The maximum atomic E-state index is 13.2. The van der Waals surface area contributed by atoms with E-state index < -0.39 is 0 Å². The fourth-order valence-electron chi connectivity index (χ4n) is 4.02. The molecule has 2 unspecified atom stereocenters. The van der Waals surface area contributed by atoms with Crippen molar-refractivity contribution in [3.63, 3.8) is 0 Å². The number of ether oxygens (including phenoxy) is 1. The summed E-state index contributed by atoms with van der Waals surface area (Å²) in [5.41, 5.74) is 2.37. The van der Waals surface area contributed by atoms with Gasteiger partial charge in [0, 0.05) is 42.2 Å². The molecule has 1 saturated heterocycles. The first-order valence-electron chi connectivity index (χ1n) is 10.0. The molecule has 0 N–H and O–H groups in total. The zero-order chi connectivity index (χ0) is 22.0. The Labute approximate surface area is 191 Å². The van der Waals surface area contributed by atoms with Crippen molar-refractivity contribution >= 4 is 29.1 Å². The Morgan fingerprint density at radius 2 is 1.84 bits per heavy atom. The first kappa shape index (κ1) is 21.5. The molecule has 1 aromatic carbocycles. The molecule has 0 spiro atoms. The van der Waals surface area contributed by atoms with Crippen LogP contribution in [0.25, 0.3) is 0 Å². The van der Waals surface area contributed by atoms with Crippen LogP contribution in [0.1, 0.15) is 34.5 Å². The van der Waals surface area contributed by atoms with Crippen molar-refractivity contribution in [2.75, 3.05) is 13.1 Å². The summed E-state index contributed by atoms with van der Waals surface area (Å²) in [5, 5.41) is 9.10. The van der Waals surface area contributed by atoms with Crippen LogP contribution in [0.2, 0.25) is 10.0 Å². The lowest BCUT2D eigenvalue weighted by atomic mass is 9.86. The molecule has 0 bridgehead atoms. The van der Waals surface area contributed by atoms with Gasteiger partial charge in [-0.2, -0.15) is 10.2 Å². The minimum Gasteiger partial charge on any atom is -0.474 e. The van der Waals surface area contributed by atoms with Gasteiger partial charge in [0.2, 0.25) is 5.88 Å². The van der Waals surface area contributed by atoms with E-state index in [1.54, 1.807) is 24.4 Å². The second-order valence-corrected chi connectivity index (χ2v) is 8.63. The van der Waals surface area contributed by atoms with Crippen LogP contribution < -0.4 is 4.74 Å². The highest BCUT2D eigenvalue weighted by Gasteiger charge is 2.40. The Balaban J connectivity index is 1.59. The van der Waals surface area contributed by atoms with E-state index in [4.69, 9.17) is 27.9 Å². The van der Waals surface area contributed by atoms with Crippen LogP contribution in [0.4, 0.5) is 0 Å². The molecule has 4 rings (SSSR count). The maximum absolute atomic E-state index is 13.2. The molecule has 31 heavy (non-hydrogen) atoms. The van der Waals surface area contributed by atoms with Crippen LogP contribution in [-0.4, -0.2) is 45.2 Å². The molecule has 0 saturated carbocycles. The van der Waals surface area contributed by atoms with Gasteiger partial charge in [0.25, 0.3) is 5.91 Å².